The highest BCUT2D eigenvalue weighted by atomic mass is 16.3. The van der Waals surface area contributed by atoms with Gasteiger partial charge in [0.15, 0.2) is 0 Å². The molecular formula is C24H26O2. The van der Waals surface area contributed by atoms with Crippen molar-refractivity contribution < 1.29 is 10.2 Å². The molecule has 2 N–H and O–H groups in total. The van der Waals surface area contributed by atoms with Crippen LogP contribution in [0.3, 0.4) is 0 Å². The third-order valence-electron chi connectivity index (χ3n) is 6.46. The summed E-state index contributed by atoms with van der Waals surface area (Å²) in [6, 6.07) is 16.5. The molecule has 0 saturated heterocycles. The lowest BCUT2D eigenvalue weighted by molar-refractivity contribution is -0.00804. The maximum Gasteiger partial charge on any atom is 0.125 e. The van der Waals surface area contributed by atoms with Crippen molar-refractivity contribution in [1.82, 2.24) is 0 Å². The average Bonchev–Trinajstić information content (AvgIpc) is 2.63. The number of fused-ring (bicyclic) bond motifs is 3. The Bertz CT molecular complexity index is 861. The summed E-state index contributed by atoms with van der Waals surface area (Å²) >= 11 is 0. The lowest BCUT2D eigenvalue weighted by atomic mass is 9.52. The van der Waals surface area contributed by atoms with Crippen molar-refractivity contribution in [2.45, 2.75) is 56.5 Å². The van der Waals surface area contributed by atoms with Crippen molar-refractivity contribution in [3.05, 3.63) is 65.2 Å². The van der Waals surface area contributed by atoms with Crippen molar-refractivity contribution >= 4 is 0 Å². The zero-order valence-corrected chi connectivity index (χ0v) is 15.3. The second-order valence-electron chi connectivity index (χ2n) is 8.01. The van der Waals surface area contributed by atoms with Crippen LogP contribution >= 0.6 is 0 Å². The van der Waals surface area contributed by atoms with Crippen LogP contribution < -0.4 is 0 Å². The molecule has 0 aliphatic heterocycles. The van der Waals surface area contributed by atoms with Crippen LogP contribution in [0, 0.1) is 17.8 Å². The highest BCUT2D eigenvalue weighted by Gasteiger charge is 2.51. The number of hydrogen-bond donors (Lipinski definition) is 2. The molecule has 2 nitrogen and oxygen atoms in total. The van der Waals surface area contributed by atoms with E-state index in [1.165, 1.54) is 16.7 Å². The van der Waals surface area contributed by atoms with Crippen LogP contribution in [0.2, 0.25) is 0 Å². The lowest BCUT2D eigenvalue weighted by Crippen LogP contribution is -2.50. The molecule has 2 aromatic carbocycles. The minimum Gasteiger partial charge on any atom is -0.508 e. The van der Waals surface area contributed by atoms with E-state index < -0.39 is 5.60 Å². The summed E-state index contributed by atoms with van der Waals surface area (Å²) in [6.07, 6.45) is 5.34. The molecule has 26 heavy (non-hydrogen) atoms. The minimum atomic E-state index is -0.853. The predicted octanol–water partition coefficient (Wildman–Crippen LogP) is 4.37. The molecule has 2 heteroatoms. The molecular weight excluding hydrogens is 320 g/mol. The predicted molar refractivity (Wildman–Crippen MR) is 104 cm³/mol. The van der Waals surface area contributed by atoms with Crippen LogP contribution in [-0.4, -0.2) is 15.8 Å². The number of aliphatic hydroxyl groups is 1. The van der Waals surface area contributed by atoms with E-state index in [2.05, 4.69) is 48.2 Å². The van der Waals surface area contributed by atoms with Crippen LogP contribution in [0.25, 0.3) is 0 Å². The number of phenolic OH excluding ortho intramolecular Hbond substituents is 1. The van der Waals surface area contributed by atoms with Crippen molar-refractivity contribution in [2.75, 3.05) is 0 Å². The quantitative estimate of drug-likeness (QED) is 0.793. The van der Waals surface area contributed by atoms with Crippen LogP contribution in [0.5, 0.6) is 5.75 Å². The number of aryl methyl sites for hydroxylation is 1. The van der Waals surface area contributed by atoms with Gasteiger partial charge in [-0.1, -0.05) is 42.3 Å². The molecule has 0 heterocycles. The fraction of sp³-hybridized carbons (Fsp3) is 0.417. The number of aromatic hydroxyl groups is 1. The Morgan fingerprint density at radius 2 is 1.92 bits per heavy atom. The molecule has 0 spiro atoms. The summed E-state index contributed by atoms with van der Waals surface area (Å²) in [5.74, 6) is 6.75. The summed E-state index contributed by atoms with van der Waals surface area (Å²) in [7, 11) is 0. The van der Waals surface area contributed by atoms with E-state index in [0.717, 1.165) is 32.1 Å². The number of rotatable bonds is 2. The SMILES string of the molecule is CC#C[C@@]1(O)CC[C@@]2(Cc3ccccc3)c3ccc(O)cc3CCC2C1. The molecule has 2 aromatic rings. The second-order valence-corrected chi connectivity index (χ2v) is 8.01. The van der Waals surface area contributed by atoms with E-state index in [0.29, 0.717) is 18.1 Å². The molecule has 4 rings (SSSR count). The van der Waals surface area contributed by atoms with Gasteiger partial charge in [0.2, 0.25) is 0 Å². The van der Waals surface area contributed by atoms with Crippen molar-refractivity contribution in [1.29, 1.82) is 0 Å². The van der Waals surface area contributed by atoms with Crippen LogP contribution in [-0.2, 0) is 18.3 Å². The Hall–Kier alpha value is -2.24. The first-order valence-corrected chi connectivity index (χ1v) is 9.57. The van der Waals surface area contributed by atoms with Crippen LogP contribution in [0.1, 0.15) is 49.3 Å². The molecule has 0 radical (unpaired) electrons. The Labute approximate surface area is 155 Å². The molecule has 134 valence electrons. The molecule has 1 fully saturated rings. The first-order chi connectivity index (χ1) is 12.5. The fourth-order valence-corrected chi connectivity index (χ4v) is 5.31. The van der Waals surface area contributed by atoms with E-state index in [1.807, 2.05) is 19.1 Å². The maximum absolute atomic E-state index is 11.0. The Morgan fingerprint density at radius 3 is 2.69 bits per heavy atom. The zero-order valence-electron chi connectivity index (χ0n) is 15.3. The largest absolute Gasteiger partial charge is 0.508 e. The van der Waals surface area contributed by atoms with Gasteiger partial charge in [0.1, 0.15) is 11.4 Å². The molecule has 3 atom stereocenters. The highest BCUT2D eigenvalue weighted by molar-refractivity contribution is 5.45. The van der Waals surface area contributed by atoms with E-state index in [9.17, 15) is 10.2 Å². The number of benzene rings is 2. The summed E-state index contributed by atoms with van der Waals surface area (Å²) in [5, 5.41) is 20.9. The normalized spacial score (nSPS) is 29.8. The third-order valence-corrected chi connectivity index (χ3v) is 6.46. The van der Waals surface area contributed by atoms with E-state index >= 15 is 0 Å². The first kappa shape index (κ1) is 17.2. The van der Waals surface area contributed by atoms with Gasteiger partial charge in [0.25, 0.3) is 0 Å². The molecule has 2 aliphatic carbocycles. The summed E-state index contributed by atoms with van der Waals surface area (Å²) in [4.78, 5) is 0. The smallest absolute Gasteiger partial charge is 0.125 e. The second kappa shape index (κ2) is 6.49. The number of phenols is 1. The molecule has 0 bridgehead atoms. The maximum atomic E-state index is 11.0. The van der Waals surface area contributed by atoms with Gasteiger partial charge < -0.3 is 10.2 Å². The van der Waals surface area contributed by atoms with Gasteiger partial charge in [-0.05, 0) is 80.2 Å². The van der Waals surface area contributed by atoms with Crippen LogP contribution in [0.4, 0.5) is 0 Å². The summed E-state index contributed by atoms with van der Waals surface area (Å²) < 4.78 is 0. The Balaban J connectivity index is 1.79. The minimum absolute atomic E-state index is 0.0181. The van der Waals surface area contributed by atoms with E-state index in [1.54, 1.807) is 0 Å². The van der Waals surface area contributed by atoms with Gasteiger partial charge in [-0.2, -0.15) is 0 Å². The topological polar surface area (TPSA) is 40.5 Å². The van der Waals surface area contributed by atoms with Crippen molar-refractivity contribution in [3.63, 3.8) is 0 Å². The van der Waals surface area contributed by atoms with Gasteiger partial charge in [-0.15, -0.1) is 5.92 Å². The monoisotopic (exact) mass is 346 g/mol. The highest BCUT2D eigenvalue weighted by Crippen LogP contribution is 2.54. The van der Waals surface area contributed by atoms with E-state index in [4.69, 9.17) is 0 Å². The van der Waals surface area contributed by atoms with Gasteiger partial charge in [-0.25, -0.2) is 0 Å². The third kappa shape index (κ3) is 2.91. The molecule has 0 aromatic heterocycles. The van der Waals surface area contributed by atoms with E-state index in [-0.39, 0.29) is 5.41 Å². The van der Waals surface area contributed by atoms with Gasteiger partial charge >= 0.3 is 0 Å². The van der Waals surface area contributed by atoms with Crippen molar-refractivity contribution in [3.8, 4) is 17.6 Å². The van der Waals surface area contributed by atoms with Gasteiger partial charge in [0, 0.05) is 5.41 Å². The molecule has 1 saturated carbocycles. The lowest BCUT2D eigenvalue weighted by Gasteiger charge is -2.52. The number of hydrogen-bond acceptors (Lipinski definition) is 2. The fourth-order valence-electron chi connectivity index (χ4n) is 5.31. The Kier molecular flexibility index (Phi) is 4.29. The van der Waals surface area contributed by atoms with Gasteiger partial charge in [0.05, 0.1) is 0 Å². The van der Waals surface area contributed by atoms with Crippen molar-refractivity contribution in [2.24, 2.45) is 5.92 Å². The summed E-state index contributed by atoms with van der Waals surface area (Å²) in [6.45, 7) is 1.81. The zero-order chi connectivity index (χ0) is 18.2. The Morgan fingerprint density at radius 1 is 1.12 bits per heavy atom. The molecule has 1 unspecified atom stereocenters. The first-order valence-electron chi connectivity index (χ1n) is 9.57. The van der Waals surface area contributed by atoms with Gasteiger partial charge in [-0.3, -0.25) is 0 Å². The molecule has 2 aliphatic rings. The van der Waals surface area contributed by atoms with Crippen LogP contribution in [0.15, 0.2) is 48.5 Å². The molecule has 0 amide bonds. The average molecular weight is 346 g/mol. The summed E-state index contributed by atoms with van der Waals surface area (Å²) in [5.41, 5.74) is 3.13. The standard InChI is InChI=1S/C24H26O2/c1-2-12-23(26)13-14-24(16-18-6-4-3-5-7-18)20(17-23)9-8-19-15-21(25)10-11-22(19)24/h3-7,10-11,15,20,25-26H,8-9,13-14,16-17H2,1H3/t20?,23-,24+/m1/s1.